The molecule has 88 valence electrons. The second kappa shape index (κ2) is 5.50. The first-order chi connectivity index (χ1) is 7.12. The first-order valence-electron chi connectivity index (χ1n) is 5.87. The van der Waals surface area contributed by atoms with Gasteiger partial charge in [0, 0.05) is 5.54 Å². The number of carbonyl (C=O) groups excluding carboxylic acids is 1. The molecule has 0 aromatic rings. The Morgan fingerprint density at radius 1 is 1.47 bits per heavy atom. The van der Waals surface area contributed by atoms with Gasteiger partial charge in [-0.2, -0.15) is 0 Å². The van der Waals surface area contributed by atoms with Gasteiger partial charge < -0.3 is 10.1 Å². The summed E-state index contributed by atoms with van der Waals surface area (Å²) in [6.45, 7) is 2.30. The Kier molecular flexibility index (Phi) is 4.58. The number of nitrogens with one attached hydrogen (secondary N) is 1. The second-order valence-electron chi connectivity index (χ2n) is 4.82. The van der Waals surface area contributed by atoms with E-state index in [0.717, 1.165) is 18.8 Å². The Bertz CT molecular complexity index is 218. The molecule has 0 spiro atoms. The number of ether oxygens (including phenoxy) is 1. The third kappa shape index (κ3) is 3.49. The molecular formula is C12H23NO2. The maximum atomic E-state index is 11.4. The highest BCUT2D eigenvalue weighted by atomic mass is 16.5. The van der Waals surface area contributed by atoms with Crippen molar-refractivity contribution in [3.05, 3.63) is 0 Å². The predicted molar refractivity (Wildman–Crippen MR) is 60.7 cm³/mol. The third-order valence-electron chi connectivity index (χ3n) is 3.71. The molecule has 0 bridgehead atoms. The van der Waals surface area contributed by atoms with Crippen LogP contribution in [0.3, 0.4) is 0 Å². The van der Waals surface area contributed by atoms with Crippen molar-refractivity contribution in [2.24, 2.45) is 5.92 Å². The highest BCUT2D eigenvalue weighted by molar-refractivity contribution is 5.70. The van der Waals surface area contributed by atoms with Crippen molar-refractivity contribution < 1.29 is 9.53 Å². The zero-order chi connectivity index (χ0) is 11.3. The Hall–Kier alpha value is -0.570. The summed E-state index contributed by atoms with van der Waals surface area (Å²) < 4.78 is 4.77. The van der Waals surface area contributed by atoms with E-state index in [1.54, 1.807) is 0 Å². The quantitative estimate of drug-likeness (QED) is 0.576. The first-order valence-corrected chi connectivity index (χ1v) is 5.87. The molecule has 3 heteroatoms. The molecule has 1 rings (SSSR count). The average Bonchev–Trinajstić information content (AvgIpc) is 2.42. The second-order valence-corrected chi connectivity index (χ2v) is 4.82. The van der Waals surface area contributed by atoms with E-state index >= 15 is 0 Å². The van der Waals surface area contributed by atoms with Gasteiger partial charge in [-0.05, 0) is 32.2 Å². The minimum Gasteiger partial charge on any atom is -0.469 e. The van der Waals surface area contributed by atoms with Gasteiger partial charge >= 0.3 is 5.97 Å². The van der Waals surface area contributed by atoms with Gasteiger partial charge in [0.25, 0.3) is 0 Å². The SMILES string of the molecule is CNC1(CC(=O)OC)CCCC(C)CC1. The van der Waals surface area contributed by atoms with Gasteiger partial charge in [0.15, 0.2) is 0 Å². The van der Waals surface area contributed by atoms with Crippen LogP contribution in [-0.2, 0) is 9.53 Å². The van der Waals surface area contributed by atoms with Crippen molar-refractivity contribution in [2.45, 2.75) is 51.0 Å². The van der Waals surface area contributed by atoms with Crippen molar-refractivity contribution >= 4 is 5.97 Å². The van der Waals surface area contributed by atoms with Crippen LogP contribution in [0.1, 0.15) is 45.4 Å². The third-order valence-corrected chi connectivity index (χ3v) is 3.71. The summed E-state index contributed by atoms with van der Waals surface area (Å²) in [6, 6.07) is 0. The predicted octanol–water partition coefficient (Wildman–Crippen LogP) is 2.11. The van der Waals surface area contributed by atoms with Crippen LogP contribution in [0.2, 0.25) is 0 Å². The van der Waals surface area contributed by atoms with E-state index in [9.17, 15) is 4.79 Å². The maximum absolute atomic E-state index is 11.4. The van der Waals surface area contributed by atoms with Crippen LogP contribution in [0.25, 0.3) is 0 Å². The zero-order valence-corrected chi connectivity index (χ0v) is 10.1. The van der Waals surface area contributed by atoms with E-state index in [1.807, 2.05) is 7.05 Å². The number of hydrogen-bond donors (Lipinski definition) is 1. The van der Waals surface area contributed by atoms with Crippen molar-refractivity contribution in [3.63, 3.8) is 0 Å². The number of esters is 1. The Morgan fingerprint density at radius 2 is 2.20 bits per heavy atom. The smallest absolute Gasteiger partial charge is 0.307 e. The molecule has 0 aromatic heterocycles. The highest BCUT2D eigenvalue weighted by Crippen LogP contribution is 2.32. The first kappa shape index (κ1) is 12.5. The zero-order valence-electron chi connectivity index (χ0n) is 10.1. The molecule has 0 saturated heterocycles. The maximum Gasteiger partial charge on any atom is 0.307 e. The van der Waals surface area contributed by atoms with Crippen LogP contribution in [0, 0.1) is 5.92 Å². The van der Waals surface area contributed by atoms with E-state index in [1.165, 1.54) is 26.4 Å². The Balaban J connectivity index is 2.61. The fraction of sp³-hybridized carbons (Fsp3) is 0.917. The number of rotatable bonds is 3. The van der Waals surface area contributed by atoms with E-state index in [2.05, 4.69) is 12.2 Å². The largest absolute Gasteiger partial charge is 0.469 e. The van der Waals surface area contributed by atoms with Crippen LogP contribution in [0.5, 0.6) is 0 Å². The van der Waals surface area contributed by atoms with E-state index < -0.39 is 0 Å². The van der Waals surface area contributed by atoms with Crippen molar-refractivity contribution in [2.75, 3.05) is 14.2 Å². The van der Waals surface area contributed by atoms with E-state index in [0.29, 0.717) is 6.42 Å². The van der Waals surface area contributed by atoms with E-state index in [4.69, 9.17) is 4.74 Å². The number of methoxy groups -OCH3 is 1. The lowest BCUT2D eigenvalue weighted by Crippen LogP contribution is -2.44. The topological polar surface area (TPSA) is 38.3 Å². The normalized spacial score (nSPS) is 32.1. The summed E-state index contributed by atoms with van der Waals surface area (Å²) in [5.74, 6) is 0.691. The van der Waals surface area contributed by atoms with Gasteiger partial charge in [0.1, 0.15) is 0 Å². The van der Waals surface area contributed by atoms with Gasteiger partial charge in [-0.15, -0.1) is 0 Å². The average molecular weight is 213 g/mol. The van der Waals surface area contributed by atoms with Crippen molar-refractivity contribution in [3.8, 4) is 0 Å². The van der Waals surface area contributed by atoms with Gasteiger partial charge in [-0.3, -0.25) is 4.79 Å². The molecule has 1 aliphatic carbocycles. The highest BCUT2D eigenvalue weighted by Gasteiger charge is 2.33. The molecule has 0 aliphatic heterocycles. The molecule has 0 aromatic carbocycles. The van der Waals surface area contributed by atoms with Crippen molar-refractivity contribution in [1.82, 2.24) is 5.32 Å². The standard InChI is InChI=1S/C12H23NO2/c1-10-5-4-7-12(13-2,8-6-10)9-11(14)15-3/h10,13H,4-9H2,1-3H3. The van der Waals surface area contributed by atoms with Crippen LogP contribution >= 0.6 is 0 Å². The summed E-state index contributed by atoms with van der Waals surface area (Å²) in [4.78, 5) is 11.4. The molecule has 1 aliphatic rings. The fourth-order valence-corrected chi connectivity index (χ4v) is 2.44. The molecule has 1 N–H and O–H groups in total. The lowest BCUT2D eigenvalue weighted by Gasteiger charge is -2.31. The monoisotopic (exact) mass is 213 g/mol. The van der Waals surface area contributed by atoms with Gasteiger partial charge in [0.2, 0.25) is 0 Å². The molecule has 2 unspecified atom stereocenters. The number of hydrogen-bond acceptors (Lipinski definition) is 3. The lowest BCUT2D eigenvalue weighted by molar-refractivity contribution is -0.142. The molecule has 2 atom stereocenters. The van der Waals surface area contributed by atoms with Crippen LogP contribution in [0.15, 0.2) is 0 Å². The van der Waals surface area contributed by atoms with Gasteiger partial charge in [-0.25, -0.2) is 0 Å². The summed E-state index contributed by atoms with van der Waals surface area (Å²) in [7, 11) is 3.42. The van der Waals surface area contributed by atoms with Crippen LogP contribution in [-0.4, -0.2) is 25.7 Å². The molecule has 1 fully saturated rings. The molecule has 0 radical (unpaired) electrons. The molecule has 0 amide bonds. The minimum absolute atomic E-state index is 0.0160. The van der Waals surface area contributed by atoms with Crippen LogP contribution < -0.4 is 5.32 Å². The summed E-state index contributed by atoms with van der Waals surface area (Å²) in [5.41, 5.74) is -0.0160. The van der Waals surface area contributed by atoms with Crippen LogP contribution in [0.4, 0.5) is 0 Å². The summed E-state index contributed by atoms with van der Waals surface area (Å²) in [5, 5.41) is 3.34. The minimum atomic E-state index is -0.0982. The molecular weight excluding hydrogens is 190 g/mol. The van der Waals surface area contributed by atoms with E-state index in [-0.39, 0.29) is 11.5 Å². The Labute approximate surface area is 92.6 Å². The molecule has 3 nitrogen and oxygen atoms in total. The molecule has 1 saturated carbocycles. The van der Waals surface area contributed by atoms with Crippen molar-refractivity contribution in [1.29, 1.82) is 0 Å². The summed E-state index contributed by atoms with van der Waals surface area (Å²) >= 11 is 0. The fourth-order valence-electron chi connectivity index (χ4n) is 2.44. The van der Waals surface area contributed by atoms with Gasteiger partial charge in [-0.1, -0.05) is 19.8 Å². The lowest BCUT2D eigenvalue weighted by atomic mass is 9.86. The molecule has 0 heterocycles. The summed E-state index contributed by atoms with van der Waals surface area (Å²) in [6.07, 6.45) is 6.37. The molecule has 15 heavy (non-hydrogen) atoms. The Morgan fingerprint density at radius 3 is 2.80 bits per heavy atom. The number of carbonyl (C=O) groups is 1. The van der Waals surface area contributed by atoms with Gasteiger partial charge in [0.05, 0.1) is 13.5 Å².